The van der Waals surface area contributed by atoms with Gasteiger partial charge in [0, 0.05) is 13.1 Å². The Morgan fingerprint density at radius 2 is 1.76 bits per heavy atom. The number of sulfonamides is 1. The Morgan fingerprint density at radius 1 is 1.14 bits per heavy atom. The van der Waals surface area contributed by atoms with E-state index in [1.54, 1.807) is 12.1 Å². The molecule has 0 aliphatic carbocycles. The molecule has 0 spiro atoms. The lowest BCUT2D eigenvalue weighted by atomic mass is 10.1. The lowest BCUT2D eigenvalue weighted by molar-refractivity contribution is 0.594. The highest BCUT2D eigenvalue weighted by Gasteiger charge is 2.21. The smallest absolute Gasteiger partial charge is 0.264 e. The van der Waals surface area contributed by atoms with Crippen LogP contribution in [-0.2, 0) is 10.0 Å². The van der Waals surface area contributed by atoms with E-state index in [2.05, 4.69) is 0 Å². The highest BCUT2D eigenvalue weighted by molar-refractivity contribution is 7.92. The molecule has 2 N–H and O–H groups in total. The summed E-state index contributed by atoms with van der Waals surface area (Å²) < 4.78 is 39.3. The van der Waals surface area contributed by atoms with Crippen molar-refractivity contribution in [1.82, 2.24) is 0 Å². The minimum Gasteiger partial charge on any atom is -0.324 e. The van der Waals surface area contributed by atoms with Crippen molar-refractivity contribution in [2.75, 3.05) is 11.4 Å². The average molecular weight is 308 g/mol. The van der Waals surface area contributed by atoms with E-state index in [1.807, 2.05) is 6.92 Å². The number of rotatable bonds is 4. The molecule has 21 heavy (non-hydrogen) atoms. The van der Waals surface area contributed by atoms with E-state index in [1.165, 1.54) is 43.4 Å². The lowest BCUT2D eigenvalue weighted by Gasteiger charge is -2.20. The minimum absolute atomic E-state index is 0.138. The van der Waals surface area contributed by atoms with Crippen LogP contribution in [0.5, 0.6) is 0 Å². The maximum Gasteiger partial charge on any atom is 0.264 e. The number of hydrogen-bond donors (Lipinski definition) is 1. The van der Waals surface area contributed by atoms with Gasteiger partial charge in [-0.1, -0.05) is 18.2 Å². The van der Waals surface area contributed by atoms with Gasteiger partial charge in [0.15, 0.2) is 0 Å². The second-order valence-corrected chi connectivity index (χ2v) is 6.78. The van der Waals surface area contributed by atoms with Crippen LogP contribution in [0.3, 0.4) is 0 Å². The van der Waals surface area contributed by atoms with E-state index < -0.39 is 15.8 Å². The van der Waals surface area contributed by atoms with Gasteiger partial charge in [-0.15, -0.1) is 0 Å². The van der Waals surface area contributed by atoms with E-state index in [4.69, 9.17) is 5.73 Å². The van der Waals surface area contributed by atoms with E-state index >= 15 is 0 Å². The highest BCUT2D eigenvalue weighted by Crippen LogP contribution is 2.23. The van der Waals surface area contributed by atoms with Crippen LogP contribution in [-0.4, -0.2) is 15.5 Å². The normalized spacial score (nSPS) is 13.0. The number of benzene rings is 2. The molecular formula is C15H17FN2O2S. The Morgan fingerprint density at radius 3 is 2.29 bits per heavy atom. The minimum atomic E-state index is -3.73. The van der Waals surface area contributed by atoms with Gasteiger partial charge in [-0.2, -0.15) is 0 Å². The van der Waals surface area contributed by atoms with Crippen LogP contribution < -0.4 is 10.0 Å². The monoisotopic (exact) mass is 308 g/mol. The van der Waals surface area contributed by atoms with Gasteiger partial charge in [0.2, 0.25) is 0 Å². The maximum absolute atomic E-state index is 13.2. The Balaban J connectivity index is 2.37. The molecule has 0 radical (unpaired) electrons. The van der Waals surface area contributed by atoms with Crippen LogP contribution in [0, 0.1) is 5.82 Å². The molecule has 2 aromatic carbocycles. The number of nitrogens with two attached hydrogens (primary N) is 1. The average Bonchev–Trinajstić information content (AvgIpc) is 2.46. The third-order valence-electron chi connectivity index (χ3n) is 3.24. The van der Waals surface area contributed by atoms with Crippen molar-refractivity contribution >= 4 is 15.7 Å². The Bertz CT molecular complexity index is 728. The van der Waals surface area contributed by atoms with Crippen molar-refractivity contribution in [1.29, 1.82) is 0 Å². The number of nitrogens with zero attached hydrogens (tertiary/aromatic N) is 1. The zero-order valence-electron chi connectivity index (χ0n) is 11.8. The zero-order chi connectivity index (χ0) is 15.6. The molecule has 112 valence electrons. The summed E-state index contributed by atoms with van der Waals surface area (Å²) in [5.41, 5.74) is 6.86. The van der Waals surface area contributed by atoms with Crippen molar-refractivity contribution in [2.45, 2.75) is 17.9 Å². The van der Waals surface area contributed by atoms with E-state index in [-0.39, 0.29) is 16.6 Å². The predicted molar refractivity (Wildman–Crippen MR) is 81.0 cm³/mol. The summed E-state index contributed by atoms with van der Waals surface area (Å²) in [5.74, 6) is -0.484. The molecule has 0 saturated heterocycles. The molecule has 0 saturated carbocycles. The highest BCUT2D eigenvalue weighted by atomic mass is 32.2. The number of hydrogen-bond acceptors (Lipinski definition) is 3. The lowest BCUT2D eigenvalue weighted by Crippen LogP contribution is -2.26. The molecule has 1 unspecified atom stereocenters. The van der Waals surface area contributed by atoms with Gasteiger partial charge in [0.1, 0.15) is 5.82 Å². The Kier molecular flexibility index (Phi) is 4.29. The molecule has 0 aliphatic heterocycles. The second kappa shape index (κ2) is 5.83. The number of anilines is 1. The standard InChI is InChI=1S/C15H17FN2O2S/c1-11(17)12-6-8-15(9-7-12)21(19,20)18(2)14-5-3-4-13(16)10-14/h3-11H,17H2,1-2H3. The summed E-state index contributed by atoms with van der Waals surface area (Å²) >= 11 is 0. The van der Waals surface area contributed by atoms with Crippen LogP contribution in [0.1, 0.15) is 18.5 Å². The Hall–Kier alpha value is -1.92. The first-order valence-electron chi connectivity index (χ1n) is 6.42. The van der Waals surface area contributed by atoms with Gasteiger partial charge < -0.3 is 5.73 Å². The summed E-state index contributed by atoms with van der Waals surface area (Å²) in [5, 5.41) is 0. The van der Waals surface area contributed by atoms with E-state index in [9.17, 15) is 12.8 Å². The first kappa shape index (κ1) is 15.5. The van der Waals surface area contributed by atoms with Gasteiger partial charge in [-0.25, -0.2) is 12.8 Å². The van der Waals surface area contributed by atoms with Gasteiger partial charge >= 0.3 is 0 Å². The molecule has 0 amide bonds. The predicted octanol–water partition coefficient (Wildman–Crippen LogP) is 2.67. The first-order chi connectivity index (χ1) is 9.82. The van der Waals surface area contributed by atoms with Gasteiger partial charge in [-0.05, 0) is 42.8 Å². The van der Waals surface area contributed by atoms with Crippen LogP contribution in [0.4, 0.5) is 10.1 Å². The summed E-state index contributed by atoms with van der Waals surface area (Å²) in [7, 11) is -2.33. The van der Waals surface area contributed by atoms with E-state index in [0.717, 1.165) is 9.87 Å². The SMILES string of the molecule is CC(N)c1ccc(S(=O)(=O)N(C)c2cccc(F)c2)cc1. The Labute approximate surface area is 124 Å². The topological polar surface area (TPSA) is 63.4 Å². The maximum atomic E-state index is 13.2. The van der Waals surface area contributed by atoms with Crippen LogP contribution in [0.25, 0.3) is 0 Å². The fourth-order valence-electron chi connectivity index (χ4n) is 1.91. The van der Waals surface area contributed by atoms with Gasteiger partial charge in [0.05, 0.1) is 10.6 Å². The van der Waals surface area contributed by atoms with Gasteiger partial charge in [-0.3, -0.25) is 4.31 Å². The second-order valence-electron chi connectivity index (χ2n) is 4.81. The quantitative estimate of drug-likeness (QED) is 0.944. The summed E-state index contributed by atoms with van der Waals surface area (Å²) in [6, 6.07) is 11.6. The van der Waals surface area contributed by atoms with Crippen LogP contribution >= 0.6 is 0 Å². The summed E-state index contributed by atoms with van der Waals surface area (Å²) in [6.45, 7) is 1.82. The molecule has 0 bridgehead atoms. The van der Waals surface area contributed by atoms with Crippen molar-refractivity contribution in [3.05, 3.63) is 59.9 Å². The molecule has 0 aromatic heterocycles. The molecule has 4 nitrogen and oxygen atoms in total. The molecule has 1 atom stereocenters. The fourth-order valence-corrected chi connectivity index (χ4v) is 3.10. The van der Waals surface area contributed by atoms with Crippen molar-refractivity contribution in [3.63, 3.8) is 0 Å². The molecular weight excluding hydrogens is 291 g/mol. The number of halogens is 1. The first-order valence-corrected chi connectivity index (χ1v) is 7.86. The largest absolute Gasteiger partial charge is 0.324 e. The van der Waals surface area contributed by atoms with Gasteiger partial charge in [0.25, 0.3) is 10.0 Å². The molecule has 0 aliphatic rings. The molecule has 2 aromatic rings. The fraction of sp³-hybridized carbons (Fsp3) is 0.200. The molecule has 0 heterocycles. The molecule has 2 rings (SSSR count). The summed E-state index contributed by atoms with van der Waals surface area (Å²) in [6.07, 6.45) is 0. The third kappa shape index (κ3) is 3.22. The zero-order valence-corrected chi connectivity index (χ0v) is 12.6. The molecule has 6 heteroatoms. The van der Waals surface area contributed by atoms with E-state index in [0.29, 0.717) is 0 Å². The van der Waals surface area contributed by atoms with Crippen LogP contribution in [0.2, 0.25) is 0 Å². The van der Waals surface area contributed by atoms with Crippen molar-refractivity contribution in [2.24, 2.45) is 5.73 Å². The third-order valence-corrected chi connectivity index (χ3v) is 5.04. The van der Waals surface area contributed by atoms with Crippen molar-refractivity contribution in [3.8, 4) is 0 Å². The van der Waals surface area contributed by atoms with Crippen LogP contribution in [0.15, 0.2) is 53.4 Å². The molecule has 0 fully saturated rings. The van der Waals surface area contributed by atoms with Crippen molar-refractivity contribution < 1.29 is 12.8 Å². The summed E-state index contributed by atoms with van der Waals surface area (Å²) in [4.78, 5) is 0.138.